The first-order valence-electron chi connectivity index (χ1n) is 8.08. The molecule has 0 bridgehead atoms. The van der Waals surface area contributed by atoms with Gasteiger partial charge in [0.25, 0.3) is 0 Å². The van der Waals surface area contributed by atoms with Crippen molar-refractivity contribution in [3.63, 3.8) is 0 Å². The van der Waals surface area contributed by atoms with Gasteiger partial charge >= 0.3 is 5.97 Å². The zero-order valence-electron chi connectivity index (χ0n) is 14.3. The van der Waals surface area contributed by atoms with Crippen LogP contribution in [-0.4, -0.2) is 13.1 Å². The van der Waals surface area contributed by atoms with Crippen molar-refractivity contribution in [2.45, 2.75) is 6.61 Å². The fraction of sp³-hybridized carbons (Fsp3) is 0.0952. The number of carbonyl (C=O) groups excluding carboxylic acids is 1. The molecule has 0 aromatic heterocycles. The normalized spacial score (nSPS) is 10.2. The minimum Gasteiger partial charge on any atom is -0.489 e. The summed E-state index contributed by atoms with van der Waals surface area (Å²) in [5.74, 6) is 1.18. The predicted molar refractivity (Wildman–Crippen MR) is 99.5 cm³/mol. The molecule has 26 heavy (non-hydrogen) atoms. The van der Waals surface area contributed by atoms with Gasteiger partial charge in [0.15, 0.2) is 0 Å². The van der Waals surface area contributed by atoms with Gasteiger partial charge in [0.2, 0.25) is 0 Å². The minimum absolute atomic E-state index is 0.275. The smallest absolute Gasteiger partial charge is 0.341 e. The Bertz CT molecular complexity index is 876. The summed E-state index contributed by atoms with van der Waals surface area (Å²) < 4.78 is 16.3. The number of ether oxygens (including phenoxy) is 3. The van der Waals surface area contributed by atoms with Crippen molar-refractivity contribution in [1.82, 2.24) is 0 Å². The van der Waals surface area contributed by atoms with Crippen molar-refractivity contribution in [2.75, 3.05) is 12.8 Å². The van der Waals surface area contributed by atoms with E-state index in [2.05, 4.69) is 0 Å². The lowest BCUT2D eigenvalue weighted by molar-refractivity contribution is 0.0598. The highest BCUT2D eigenvalue weighted by Crippen LogP contribution is 2.29. The van der Waals surface area contributed by atoms with Gasteiger partial charge in [-0.15, -0.1) is 0 Å². The van der Waals surface area contributed by atoms with Crippen LogP contribution >= 0.6 is 0 Å². The van der Waals surface area contributed by atoms with E-state index in [4.69, 9.17) is 19.9 Å². The molecule has 0 heterocycles. The van der Waals surface area contributed by atoms with Crippen LogP contribution in [0.4, 0.5) is 5.69 Å². The highest BCUT2D eigenvalue weighted by atomic mass is 16.5. The number of carbonyl (C=O) groups is 1. The lowest BCUT2D eigenvalue weighted by Crippen LogP contribution is -2.04. The topological polar surface area (TPSA) is 70.8 Å². The second-order valence-electron chi connectivity index (χ2n) is 5.59. The van der Waals surface area contributed by atoms with Crippen LogP contribution in [-0.2, 0) is 11.3 Å². The number of methoxy groups -OCH3 is 1. The van der Waals surface area contributed by atoms with Gasteiger partial charge < -0.3 is 19.9 Å². The van der Waals surface area contributed by atoms with Crippen molar-refractivity contribution in [3.05, 3.63) is 83.9 Å². The van der Waals surface area contributed by atoms with E-state index in [0.717, 1.165) is 11.3 Å². The Kier molecular flexibility index (Phi) is 5.39. The van der Waals surface area contributed by atoms with E-state index in [0.29, 0.717) is 23.8 Å². The zero-order chi connectivity index (χ0) is 18.4. The van der Waals surface area contributed by atoms with Crippen LogP contribution in [0.5, 0.6) is 17.2 Å². The molecule has 0 aliphatic heterocycles. The van der Waals surface area contributed by atoms with Gasteiger partial charge in [0.05, 0.1) is 7.11 Å². The molecule has 3 aromatic carbocycles. The first-order chi connectivity index (χ1) is 12.7. The van der Waals surface area contributed by atoms with E-state index in [1.165, 1.54) is 13.2 Å². The third kappa shape index (κ3) is 4.33. The molecule has 0 aliphatic rings. The number of nitrogens with two attached hydrogens (primary N) is 1. The molecule has 0 amide bonds. The molecule has 0 aliphatic carbocycles. The number of hydrogen-bond donors (Lipinski definition) is 1. The molecule has 0 saturated carbocycles. The fourth-order valence-electron chi connectivity index (χ4n) is 2.38. The first kappa shape index (κ1) is 17.4. The van der Waals surface area contributed by atoms with Gasteiger partial charge in [-0.3, -0.25) is 0 Å². The molecule has 0 unspecified atom stereocenters. The molecule has 132 valence electrons. The summed E-state index contributed by atoms with van der Waals surface area (Å²) in [5, 5.41) is 0. The van der Waals surface area contributed by atoms with E-state index >= 15 is 0 Å². The molecule has 0 radical (unpaired) electrons. The highest BCUT2D eigenvalue weighted by molar-refractivity contribution is 5.93. The predicted octanol–water partition coefficient (Wildman–Crippen LogP) is 4.43. The second-order valence-corrected chi connectivity index (χ2v) is 5.59. The van der Waals surface area contributed by atoms with Crippen molar-refractivity contribution >= 4 is 11.7 Å². The quantitative estimate of drug-likeness (QED) is 0.527. The van der Waals surface area contributed by atoms with Crippen LogP contribution in [0.25, 0.3) is 0 Å². The summed E-state index contributed by atoms with van der Waals surface area (Å²) >= 11 is 0. The third-order valence-electron chi connectivity index (χ3n) is 3.71. The second kappa shape index (κ2) is 8.07. The third-order valence-corrected chi connectivity index (χ3v) is 3.71. The van der Waals surface area contributed by atoms with Crippen LogP contribution in [0.2, 0.25) is 0 Å². The molecule has 0 saturated heterocycles. The number of nitrogen functional groups attached to an aromatic ring is 1. The summed E-state index contributed by atoms with van der Waals surface area (Å²) in [6.07, 6.45) is 0. The van der Waals surface area contributed by atoms with Gasteiger partial charge in [-0.25, -0.2) is 4.79 Å². The molecule has 2 N–H and O–H groups in total. The minimum atomic E-state index is -0.505. The molecular formula is C21H19NO4. The summed E-state index contributed by atoms with van der Waals surface area (Å²) in [4.78, 5) is 11.9. The Morgan fingerprint density at radius 3 is 2.31 bits per heavy atom. The van der Waals surface area contributed by atoms with Crippen LogP contribution in [0, 0.1) is 0 Å². The number of hydrogen-bond acceptors (Lipinski definition) is 5. The van der Waals surface area contributed by atoms with Crippen molar-refractivity contribution < 1.29 is 19.0 Å². The summed E-state index contributed by atoms with van der Waals surface area (Å²) in [7, 11) is 1.31. The maximum absolute atomic E-state index is 11.9. The average Bonchev–Trinajstić information content (AvgIpc) is 2.69. The highest BCUT2D eigenvalue weighted by Gasteiger charge is 2.14. The van der Waals surface area contributed by atoms with Gasteiger partial charge in [-0.2, -0.15) is 0 Å². The van der Waals surface area contributed by atoms with E-state index < -0.39 is 5.97 Å². The number of benzene rings is 3. The molecule has 0 atom stereocenters. The first-order valence-corrected chi connectivity index (χ1v) is 8.08. The van der Waals surface area contributed by atoms with E-state index in [-0.39, 0.29) is 5.56 Å². The van der Waals surface area contributed by atoms with E-state index in [1.807, 2.05) is 42.5 Å². The molecular weight excluding hydrogens is 330 g/mol. The molecule has 3 aromatic rings. The maximum atomic E-state index is 11.9. The Labute approximate surface area is 151 Å². The number of esters is 1. The SMILES string of the molecule is COC(=O)c1cc(N)ccc1Oc1ccc(OCc2ccccc2)cc1. The molecule has 0 fully saturated rings. The van der Waals surface area contributed by atoms with Crippen LogP contribution in [0.1, 0.15) is 15.9 Å². The zero-order valence-corrected chi connectivity index (χ0v) is 14.3. The van der Waals surface area contributed by atoms with Crippen molar-refractivity contribution in [1.29, 1.82) is 0 Å². The number of rotatable bonds is 6. The van der Waals surface area contributed by atoms with E-state index in [9.17, 15) is 4.79 Å². The maximum Gasteiger partial charge on any atom is 0.341 e. The fourth-order valence-corrected chi connectivity index (χ4v) is 2.38. The lowest BCUT2D eigenvalue weighted by Gasteiger charge is -2.11. The van der Waals surface area contributed by atoms with Gasteiger partial charge in [0.1, 0.15) is 29.4 Å². The van der Waals surface area contributed by atoms with Crippen molar-refractivity contribution in [3.8, 4) is 17.2 Å². The summed E-state index contributed by atoms with van der Waals surface area (Å²) in [5.41, 5.74) is 7.56. The largest absolute Gasteiger partial charge is 0.489 e. The molecule has 5 heteroatoms. The van der Waals surface area contributed by atoms with Crippen molar-refractivity contribution in [2.24, 2.45) is 0 Å². The lowest BCUT2D eigenvalue weighted by atomic mass is 10.2. The summed E-state index contributed by atoms with van der Waals surface area (Å²) in [6, 6.07) is 21.9. The van der Waals surface area contributed by atoms with E-state index in [1.54, 1.807) is 24.3 Å². The monoisotopic (exact) mass is 349 g/mol. The van der Waals surface area contributed by atoms with Gasteiger partial charge in [0, 0.05) is 5.69 Å². The Balaban J connectivity index is 1.69. The Morgan fingerprint density at radius 1 is 0.923 bits per heavy atom. The Morgan fingerprint density at radius 2 is 1.62 bits per heavy atom. The standard InChI is InChI=1S/C21H19NO4/c1-24-21(23)19-13-16(22)7-12-20(19)26-18-10-8-17(9-11-18)25-14-15-5-3-2-4-6-15/h2-13H,14,22H2,1H3. The van der Waals surface area contributed by atoms with Crippen LogP contribution in [0.15, 0.2) is 72.8 Å². The number of anilines is 1. The Hall–Kier alpha value is -3.47. The van der Waals surface area contributed by atoms with Crippen LogP contribution < -0.4 is 15.2 Å². The molecule has 5 nitrogen and oxygen atoms in total. The molecule has 0 spiro atoms. The van der Waals surface area contributed by atoms with Gasteiger partial charge in [-0.05, 0) is 48.0 Å². The summed E-state index contributed by atoms with van der Waals surface area (Å²) in [6.45, 7) is 0.492. The molecule has 3 rings (SSSR count). The van der Waals surface area contributed by atoms with Gasteiger partial charge in [-0.1, -0.05) is 30.3 Å². The average molecular weight is 349 g/mol. The van der Waals surface area contributed by atoms with Crippen LogP contribution in [0.3, 0.4) is 0 Å².